The van der Waals surface area contributed by atoms with E-state index in [-0.39, 0.29) is 12.1 Å². The summed E-state index contributed by atoms with van der Waals surface area (Å²) in [7, 11) is 3.17. The number of rotatable bonds is 7. The lowest BCUT2D eigenvalue weighted by molar-refractivity contribution is -0.164. The van der Waals surface area contributed by atoms with E-state index in [0.717, 1.165) is 22.3 Å². The van der Waals surface area contributed by atoms with Gasteiger partial charge in [0, 0.05) is 23.8 Å². The Bertz CT molecular complexity index is 1320. The van der Waals surface area contributed by atoms with Crippen LogP contribution in [0.1, 0.15) is 11.8 Å². The van der Waals surface area contributed by atoms with Crippen molar-refractivity contribution in [2.24, 2.45) is 0 Å². The van der Waals surface area contributed by atoms with Crippen LogP contribution in [0.15, 0.2) is 59.4 Å². The van der Waals surface area contributed by atoms with Crippen LogP contribution in [0.3, 0.4) is 0 Å². The highest BCUT2D eigenvalue weighted by atomic mass is 16.7. The standard InChI is InChI=1S/C25H26N4O6/c1-31-19-9-17-18(10-20(19)32-2)29(13-27-17)23-24(30)22(21-12-33-25(23)34-21)26-11-15-8-16(28-35-15)14-6-4-3-5-7-14/h3-10,13,21-26,30H,11-12H2,1-2H3. The normalized spacial score (nSPS) is 25.7. The van der Waals surface area contributed by atoms with E-state index in [4.69, 9.17) is 23.5 Å². The second-order valence-electron chi connectivity index (χ2n) is 8.66. The number of imidazole rings is 1. The van der Waals surface area contributed by atoms with E-state index in [2.05, 4.69) is 15.5 Å². The zero-order valence-electron chi connectivity index (χ0n) is 19.3. The molecule has 0 saturated carbocycles. The van der Waals surface area contributed by atoms with Crippen molar-refractivity contribution >= 4 is 11.0 Å². The molecule has 2 N–H and O–H groups in total. The largest absolute Gasteiger partial charge is 0.493 e. The maximum atomic E-state index is 11.5. The molecule has 5 atom stereocenters. The number of aliphatic hydroxyl groups excluding tert-OH is 1. The van der Waals surface area contributed by atoms with Gasteiger partial charge in [0.25, 0.3) is 0 Å². The fourth-order valence-electron chi connectivity index (χ4n) is 4.90. The Morgan fingerprint density at radius 2 is 1.91 bits per heavy atom. The molecule has 2 saturated heterocycles. The molecule has 6 rings (SSSR count). The Labute approximate surface area is 201 Å². The Morgan fingerprint density at radius 3 is 2.71 bits per heavy atom. The van der Waals surface area contributed by atoms with Gasteiger partial charge < -0.3 is 38.5 Å². The molecule has 0 spiro atoms. The first-order valence-corrected chi connectivity index (χ1v) is 11.4. The summed E-state index contributed by atoms with van der Waals surface area (Å²) in [5.41, 5.74) is 3.24. The van der Waals surface area contributed by atoms with Gasteiger partial charge in [0.1, 0.15) is 17.8 Å². The fourth-order valence-corrected chi connectivity index (χ4v) is 4.90. The molecule has 2 fully saturated rings. The highest BCUT2D eigenvalue weighted by Crippen LogP contribution is 2.39. The summed E-state index contributed by atoms with van der Waals surface area (Å²) in [5.74, 6) is 1.83. The molecule has 2 aromatic carbocycles. The Hall–Kier alpha value is -3.44. The first-order chi connectivity index (χ1) is 17.2. The topological polar surface area (TPSA) is 113 Å². The fraction of sp³-hybridized carbons (Fsp3) is 0.360. The quantitative estimate of drug-likeness (QED) is 0.414. The van der Waals surface area contributed by atoms with E-state index in [0.29, 0.717) is 30.4 Å². The predicted molar refractivity (Wildman–Crippen MR) is 125 cm³/mol. The number of hydrogen-bond acceptors (Lipinski definition) is 9. The van der Waals surface area contributed by atoms with Crippen LogP contribution >= 0.6 is 0 Å². The molecule has 35 heavy (non-hydrogen) atoms. The minimum absolute atomic E-state index is 0.285. The molecule has 2 aliphatic heterocycles. The van der Waals surface area contributed by atoms with Crippen LogP contribution in [0.5, 0.6) is 11.5 Å². The van der Waals surface area contributed by atoms with Gasteiger partial charge in [-0.25, -0.2) is 4.98 Å². The smallest absolute Gasteiger partial charge is 0.181 e. The maximum absolute atomic E-state index is 11.5. The number of hydrogen-bond donors (Lipinski definition) is 2. The van der Waals surface area contributed by atoms with E-state index >= 15 is 0 Å². The number of aromatic nitrogens is 3. The van der Waals surface area contributed by atoms with E-state index in [1.54, 1.807) is 20.5 Å². The van der Waals surface area contributed by atoms with Crippen molar-refractivity contribution in [2.45, 2.75) is 37.1 Å². The highest BCUT2D eigenvalue weighted by Gasteiger charge is 2.51. The van der Waals surface area contributed by atoms with Crippen LogP contribution in [-0.4, -0.2) is 65.2 Å². The molecule has 4 aromatic rings. The monoisotopic (exact) mass is 478 g/mol. The van der Waals surface area contributed by atoms with Crippen molar-refractivity contribution in [3.05, 3.63) is 60.6 Å². The number of benzene rings is 2. The molecule has 0 radical (unpaired) electrons. The van der Waals surface area contributed by atoms with Gasteiger partial charge in [-0.2, -0.15) is 0 Å². The van der Waals surface area contributed by atoms with E-state index in [9.17, 15) is 5.11 Å². The second-order valence-corrected chi connectivity index (χ2v) is 8.66. The number of nitrogens with zero attached hydrogens (tertiary/aromatic N) is 3. The van der Waals surface area contributed by atoms with Crippen molar-refractivity contribution in [3.63, 3.8) is 0 Å². The summed E-state index contributed by atoms with van der Waals surface area (Å²) in [6.07, 6.45) is 0.00609. The van der Waals surface area contributed by atoms with Crippen molar-refractivity contribution < 1.29 is 28.6 Å². The van der Waals surface area contributed by atoms with Crippen LogP contribution < -0.4 is 14.8 Å². The average molecular weight is 479 g/mol. The number of fused-ring (bicyclic) bond motifs is 3. The van der Waals surface area contributed by atoms with Gasteiger partial charge in [0.15, 0.2) is 23.5 Å². The third kappa shape index (κ3) is 3.84. The van der Waals surface area contributed by atoms with Gasteiger partial charge in [-0.05, 0) is 0 Å². The molecule has 0 amide bonds. The van der Waals surface area contributed by atoms with Gasteiger partial charge in [-0.15, -0.1) is 0 Å². The van der Waals surface area contributed by atoms with Gasteiger partial charge in [-0.3, -0.25) is 0 Å². The molecule has 5 unspecified atom stereocenters. The lowest BCUT2D eigenvalue weighted by Crippen LogP contribution is -2.57. The van der Waals surface area contributed by atoms with Crippen LogP contribution in [0.2, 0.25) is 0 Å². The van der Waals surface area contributed by atoms with E-state index < -0.39 is 18.4 Å². The van der Waals surface area contributed by atoms with Crippen molar-refractivity contribution in [3.8, 4) is 22.8 Å². The summed E-state index contributed by atoms with van der Waals surface area (Å²) in [4.78, 5) is 4.51. The van der Waals surface area contributed by atoms with Crippen molar-refractivity contribution in [2.75, 3.05) is 20.8 Å². The third-order valence-corrected chi connectivity index (χ3v) is 6.67. The molecule has 2 aromatic heterocycles. The Morgan fingerprint density at radius 1 is 1.11 bits per heavy atom. The predicted octanol–water partition coefficient (Wildman–Crippen LogP) is 2.52. The molecule has 0 aliphatic carbocycles. The zero-order valence-corrected chi connectivity index (χ0v) is 19.3. The van der Waals surface area contributed by atoms with Crippen LogP contribution in [-0.2, 0) is 16.0 Å². The van der Waals surface area contributed by atoms with Crippen molar-refractivity contribution in [1.82, 2.24) is 20.0 Å². The van der Waals surface area contributed by atoms with E-state index in [1.807, 2.05) is 53.1 Å². The molecule has 2 aliphatic rings. The lowest BCUT2D eigenvalue weighted by atomic mass is 9.95. The molecule has 182 valence electrons. The first-order valence-electron chi connectivity index (χ1n) is 11.4. The van der Waals surface area contributed by atoms with Crippen LogP contribution in [0, 0.1) is 0 Å². The number of ether oxygens (including phenoxy) is 4. The van der Waals surface area contributed by atoms with Gasteiger partial charge in [0.05, 0.1) is 56.9 Å². The van der Waals surface area contributed by atoms with Crippen LogP contribution in [0.4, 0.5) is 0 Å². The van der Waals surface area contributed by atoms with Crippen LogP contribution in [0.25, 0.3) is 22.3 Å². The highest BCUT2D eigenvalue weighted by molar-refractivity contribution is 5.80. The summed E-state index contributed by atoms with van der Waals surface area (Å²) in [5, 5.41) is 19.0. The summed E-state index contributed by atoms with van der Waals surface area (Å²) in [6, 6.07) is 14.5. The Balaban J connectivity index is 1.24. The van der Waals surface area contributed by atoms with Crippen molar-refractivity contribution in [1.29, 1.82) is 0 Å². The summed E-state index contributed by atoms with van der Waals surface area (Å²) < 4.78 is 30.3. The number of methoxy groups -OCH3 is 2. The first kappa shape index (κ1) is 22.1. The minimum Gasteiger partial charge on any atom is -0.493 e. The number of nitrogens with one attached hydrogen (secondary N) is 1. The zero-order chi connectivity index (χ0) is 23.9. The van der Waals surface area contributed by atoms with Gasteiger partial charge in [0.2, 0.25) is 0 Å². The van der Waals surface area contributed by atoms with Gasteiger partial charge in [-0.1, -0.05) is 35.5 Å². The SMILES string of the molecule is COc1cc2ncn(C3C4OCC(O4)C(NCc4cc(-c5ccccc5)no4)C3O)c2cc1OC. The van der Waals surface area contributed by atoms with E-state index in [1.165, 1.54) is 0 Å². The van der Waals surface area contributed by atoms with Gasteiger partial charge >= 0.3 is 0 Å². The summed E-state index contributed by atoms with van der Waals surface area (Å²) >= 11 is 0. The molecular weight excluding hydrogens is 452 g/mol. The average Bonchev–Trinajstić information content (AvgIpc) is 3.64. The number of aliphatic hydroxyl groups is 1. The minimum atomic E-state index is -0.803. The molecule has 2 bridgehead atoms. The molecule has 10 nitrogen and oxygen atoms in total. The molecule has 10 heteroatoms. The third-order valence-electron chi connectivity index (χ3n) is 6.67. The lowest BCUT2D eigenvalue weighted by Gasteiger charge is -2.39. The molecule has 4 heterocycles. The molecular formula is C25H26N4O6. The Kier molecular flexibility index (Phi) is 5.65. The second kappa shape index (κ2) is 8.97. The maximum Gasteiger partial charge on any atom is 0.181 e. The summed E-state index contributed by atoms with van der Waals surface area (Å²) in [6.45, 7) is 0.764.